The third-order valence-corrected chi connectivity index (χ3v) is 4.07. The molecule has 3 rings (SSSR count). The third-order valence-electron chi connectivity index (χ3n) is 2.67. The standard InChI is InChI=1S/C11H6Br2N8/c12-6-1-7-10(17-4-16-7)8(13)9(6)15-3-5(2-14)11-18-20-21-19-11/h1,3-4,15H,(H,16,17)(H,18,19,20,21). The maximum absolute atomic E-state index is 9.13. The highest BCUT2D eigenvalue weighted by atomic mass is 79.9. The van der Waals surface area contributed by atoms with E-state index in [9.17, 15) is 0 Å². The van der Waals surface area contributed by atoms with Gasteiger partial charge in [0, 0.05) is 10.7 Å². The predicted octanol–water partition coefficient (Wildman–Crippen LogP) is 2.58. The normalized spacial score (nSPS) is 11.6. The number of tetrazole rings is 1. The van der Waals surface area contributed by atoms with E-state index in [1.165, 1.54) is 6.20 Å². The molecule has 3 N–H and O–H groups in total. The van der Waals surface area contributed by atoms with Crippen LogP contribution >= 0.6 is 31.9 Å². The Balaban J connectivity index is 2.00. The number of nitrogens with zero attached hydrogens (tertiary/aromatic N) is 5. The number of benzene rings is 1. The maximum Gasteiger partial charge on any atom is 0.216 e. The zero-order valence-electron chi connectivity index (χ0n) is 10.2. The highest BCUT2D eigenvalue weighted by Crippen LogP contribution is 2.36. The summed E-state index contributed by atoms with van der Waals surface area (Å²) in [5.74, 6) is 0.220. The summed E-state index contributed by atoms with van der Waals surface area (Å²) < 4.78 is 1.59. The maximum atomic E-state index is 9.13. The Hall–Kier alpha value is -2.25. The molecule has 0 atom stereocenters. The molecule has 0 aliphatic heterocycles. The molecule has 104 valence electrons. The molecule has 10 heteroatoms. The van der Waals surface area contributed by atoms with Gasteiger partial charge < -0.3 is 10.3 Å². The van der Waals surface area contributed by atoms with Crippen LogP contribution in [0.25, 0.3) is 16.6 Å². The number of aromatic nitrogens is 6. The van der Waals surface area contributed by atoms with E-state index in [0.29, 0.717) is 0 Å². The molecule has 0 radical (unpaired) electrons. The fourth-order valence-electron chi connectivity index (χ4n) is 1.71. The van der Waals surface area contributed by atoms with Crippen LogP contribution in [-0.2, 0) is 0 Å². The lowest BCUT2D eigenvalue weighted by Gasteiger charge is -2.08. The van der Waals surface area contributed by atoms with Crippen molar-refractivity contribution in [2.45, 2.75) is 0 Å². The summed E-state index contributed by atoms with van der Waals surface area (Å²) in [5, 5.41) is 25.4. The van der Waals surface area contributed by atoms with Crippen molar-refractivity contribution in [2.75, 3.05) is 5.32 Å². The van der Waals surface area contributed by atoms with Crippen LogP contribution in [0.3, 0.4) is 0 Å². The van der Waals surface area contributed by atoms with Gasteiger partial charge in [0.05, 0.1) is 22.0 Å². The Labute approximate surface area is 134 Å². The van der Waals surface area contributed by atoms with Crippen LogP contribution in [0.1, 0.15) is 5.82 Å². The molecule has 0 fully saturated rings. The Morgan fingerprint density at radius 1 is 1.43 bits per heavy atom. The minimum atomic E-state index is 0.220. The monoisotopic (exact) mass is 408 g/mol. The van der Waals surface area contributed by atoms with Gasteiger partial charge in [0.1, 0.15) is 17.2 Å². The molecular weight excluding hydrogens is 404 g/mol. The second-order valence-electron chi connectivity index (χ2n) is 3.90. The second-order valence-corrected chi connectivity index (χ2v) is 5.54. The minimum Gasteiger partial charge on any atom is -0.358 e. The Morgan fingerprint density at radius 3 is 3.00 bits per heavy atom. The van der Waals surface area contributed by atoms with Crippen molar-refractivity contribution in [3.05, 3.63) is 33.4 Å². The van der Waals surface area contributed by atoms with E-state index in [-0.39, 0.29) is 11.4 Å². The molecule has 8 nitrogen and oxygen atoms in total. The lowest BCUT2D eigenvalue weighted by molar-refractivity contribution is 0.881. The van der Waals surface area contributed by atoms with E-state index < -0.39 is 0 Å². The topological polar surface area (TPSA) is 119 Å². The van der Waals surface area contributed by atoms with Gasteiger partial charge in [-0.25, -0.2) is 4.98 Å². The van der Waals surface area contributed by atoms with Crippen LogP contribution in [0.15, 0.2) is 27.5 Å². The Kier molecular flexibility index (Phi) is 3.68. The van der Waals surface area contributed by atoms with E-state index in [4.69, 9.17) is 5.26 Å². The molecule has 1 aromatic carbocycles. The summed E-state index contributed by atoms with van der Waals surface area (Å²) in [6.45, 7) is 0. The van der Waals surface area contributed by atoms with Crippen LogP contribution in [0.2, 0.25) is 0 Å². The molecule has 0 saturated heterocycles. The molecular formula is C11H6Br2N8. The first kappa shape index (κ1) is 13.7. The summed E-state index contributed by atoms with van der Waals surface area (Å²) >= 11 is 6.97. The Bertz CT molecular complexity index is 858. The highest BCUT2D eigenvalue weighted by molar-refractivity contribution is 9.11. The first-order valence-electron chi connectivity index (χ1n) is 5.62. The number of H-pyrrole nitrogens is 2. The number of nitrogens with one attached hydrogen (secondary N) is 3. The molecule has 2 aromatic heterocycles. The highest BCUT2D eigenvalue weighted by Gasteiger charge is 2.12. The summed E-state index contributed by atoms with van der Waals surface area (Å²) in [6.07, 6.45) is 3.12. The zero-order valence-corrected chi connectivity index (χ0v) is 13.4. The molecule has 0 saturated carbocycles. The number of imidazole rings is 1. The van der Waals surface area contributed by atoms with Crippen molar-refractivity contribution in [3.8, 4) is 6.07 Å². The van der Waals surface area contributed by atoms with Crippen molar-refractivity contribution in [1.82, 2.24) is 30.6 Å². The fourth-order valence-corrected chi connectivity index (χ4v) is 3.16. The van der Waals surface area contributed by atoms with E-state index >= 15 is 0 Å². The number of hydrogen-bond acceptors (Lipinski definition) is 6. The number of rotatable bonds is 3. The molecule has 0 bridgehead atoms. The zero-order chi connectivity index (χ0) is 14.8. The van der Waals surface area contributed by atoms with Crippen molar-refractivity contribution < 1.29 is 0 Å². The number of aromatic amines is 2. The third kappa shape index (κ3) is 2.53. The predicted molar refractivity (Wildman–Crippen MR) is 82.9 cm³/mol. The average molecular weight is 410 g/mol. The summed E-state index contributed by atoms with van der Waals surface area (Å²) in [5.41, 5.74) is 2.67. The van der Waals surface area contributed by atoms with Gasteiger partial charge in [0.15, 0.2) is 0 Å². The van der Waals surface area contributed by atoms with Crippen molar-refractivity contribution in [1.29, 1.82) is 5.26 Å². The summed E-state index contributed by atoms with van der Waals surface area (Å²) in [4.78, 5) is 7.26. The number of halogens is 2. The van der Waals surface area contributed by atoms with E-state index in [0.717, 1.165) is 25.7 Å². The van der Waals surface area contributed by atoms with Crippen LogP contribution in [-0.4, -0.2) is 30.6 Å². The number of nitriles is 1. The smallest absolute Gasteiger partial charge is 0.216 e. The van der Waals surface area contributed by atoms with Crippen LogP contribution < -0.4 is 5.32 Å². The van der Waals surface area contributed by atoms with Gasteiger partial charge in [0.25, 0.3) is 0 Å². The van der Waals surface area contributed by atoms with Gasteiger partial charge in [-0.15, -0.1) is 10.2 Å². The molecule has 2 heterocycles. The molecule has 0 unspecified atom stereocenters. The van der Waals surface area contributed by atoms with Gasteiger partial charge in [-0.1, -0.05) is 0 Å². The van der Waals surface area contributed by atoms with Gasteiger partial charge in [-0.2, -0.15) is 10.5 Å². The molecule has 21 heavy (non-hydrogen) atoms. The SMILES string of the molecule is N#CC(=CNc1c(Br)cc2[nH]cnc2c1Br)c1nn[nH]n1. The van der Waals surface area contributed by atoms with Crippen molar-refractivity contribution >= 4 is 54.2 Å². The summed E-state index contributed by atoms with van der Waals surface area (Å²) in [7, 11) is 0. The quantitative estimate of drug-likeness (QED) is 0.572. The van der Waals surface area contributed by atoms with Gasteiger partial charge in [-0.3, -0.25) is 0 Å². The van der Waals surface area contributed by atoms with E-state index in [2.05, 4.69) is 67.8 Å². The average Bonchev–Trinajstić information content (AvgIpc) is 3.13. The number of fused-ring (bicyclic) bond motifs is 1. The molecule has 3 aromatic rings. The molecule has 0 spiro atoms. The largest absolute Gasteiger partial charge is 0.358 e. The molecule has 0 amide bonds. The van der Waals surface area contributed by atoms with Crippen LogP contribution in [0, 0.1) is 11.3 Å². The number of anilines is 1. The van der Waals surface area contributed by atoms with E-state index in [1.807, 2.05) is 12.1 Å². The molecule has 0 aliphatic rings. The second kappa shape index (κ2) is 5.63. The number of hydrogen-bond donors (Lipinski definition) is 3. The Morgan fingerprint density at radius 2 is 2.29 bits per heavy atom. The number of allylic oxidation sites excluding steroid dienone is 1. The lowest BCUT2D eigenvalue weighted by Crippen LogP contribution is -1.95. The van der Waals surface area contributed by atoms with Crippen LogP contribution in [0.4, 0.5) is 5.69 Å². The molecule has 0 aliphatic carbocycles. The van der Waals surface area contributed by atoms with Gasteiger partial charge >= 0.3 is 0 Å². The fraction of sp³-hybridized carbons (Fsp3) is 0. The summed E-state index contributed by atoms with van der Waals surface area (Å²) in [6, 6.07) is 3.90. The lowest BCUT2D eigenvalue weighted by atomic mass is 10.2. The van der Waals surface area contributed by atoms with E-state index in [1.54, 1.807) is 6.33 Å². The van der Waals surface area contributed by atoms with Crippen molar-refractivity contribution in [2.24, 2.45) is 0 Å². The minimum absolute atomic E-state index is 0.220. The van der Waals surface area contributed by atoms with Crippen LogP contribution in [0.5, 0.6) is 0 Å². The first-order chi connectivity index (χ1) is 10.2. The first-order valence-corrected chi connectivity index (χ1v) is 7.21. The van der Waals surface area contributed by atoms with Gasteiger partial charge in [-0.05, 0) is 43.1 Å². The van der Waals surface area contributed by atoms with Crippen molar-refractivity contribution in [3.63, 3.8) is 0 Å². The van der Waals surface area contributed by atoms with Gasteiger partial charge in [0.2, 0.25) is 5.82 Å².